The van der Waals surface area contributed by atoms with Crippen molar-refractivity contribution in [2.75, 3.05) is 6.61 Å². The molecule has 1 N–H and O–H groups in total. The number of rotatable bonds is 2. The van der Waals surface area contributed by atoms with Crippen LogP contribution in [-0.2, 0) is 0 Å². The Morgan fingerprint density at radius 2 is 1.50 bits per heavy atom. The van der Waals surface area contributed by atoms with Gasteiger partial charge in [-0.3, -0.25) is 0 Å². The van der Waals surface area contributed by atoms with Crippen molar-refractivity contribution in [3.63, 3.8) is 0 Å². The molecule has 0 aromatic rings. The van der Waals surface area contributed by atoms with Crippen molar-refractivity contribution in [3.8, 4) is 0 Å². The van der Waals surface area contributed by atoms with Gasteiger partial charge in [0.25, 0.3) is 0 Å². The molecule has 0 spiro atoms. The Balaban J connectivity index is -0.000000272. The average molecular weight is 305 g/mol. The van der Waals surface area contributed by atoms with Crippen molar-refractivity contribution in [3.05, 3.63) is 12.7 Å². The SMILES string of the molecule is C=CC1CC(S)CCC1CO.CC.CC.CC(C)(C)C. The van der Waals surface area contributed by atoms with E-state index in [1.54, 1.807) is 0 Å². The normalized spacial score (nSPS) is 24.8. The summed E-state index contributed by atoms with van der Waals surface area (Å²) in [4.78, 5) is 0. The first-order valence-corrected chi connectivity index (χ1v) is 8.71. The molecule has 0 amide bonds. The van der Waals surface area contributed by atoms with Gasteiger partial charge in [-0.05, 0) is 36.5 Å². The van der Waals surface area contributed by atoms with Crippen LogP contribution in [0.4, 0.5) is 0 Å². The van der Waals surface area contributed by atoms with E-state index in [1.807, 2.05) is 33.8 Å². The lowest BCUT2D eigenvalue weighted by Crippen LogP contribution is -2.26. The van der Waals surface area contributed by atoms with Gasteiger partial charge in [0.15, 0.2) is 0 Å². The van der Waals surface area contributed by atoms with Crippen molar-refractivity contribution in [2.45, 2.75) is 79.9 Å². The molecule has 3 atom stereocenters. The van der Waals surface area contributed by atoms with Crippen molar-refractivity contribution < 1.29 is 5.11 Å². The van der Waals surface area contributed by atoms with Crippen molar-refractivity contribution in [1.29, 1.82) is 0 Å². The van der Waals surface area contributed by atoms with E-state index >= 15 is 0 Å². The van der Waals surface area contributed by atoms with E-state index in [2.05, 4.69) is 46.9 Å². The number of hydrogen-bond donors (Lipinski definition) is 2. The van der Waals surface area contributed by atoms with Gasteiger partial charge in [-0.1, -0.05) is 61.5 Å². The van der Waals surface area contributed by atoms with Crippen LogP contribution in [-0.4, -0.2) is 17.0 Å². The van der Waals surface area contributed by atoms with Crippen LogP contribution < -0.4 is 0 Å². The lowest BCUT2D eigenvalue weighted by molar-refractivity contribution is 0.160. The standard InChI is InChI=1S/C9H16OS.C5H12.2C2H6/c1-2-7-5-9(11)4-3-8(7)6-10;1-5(2,3)4;2*1-2/h2,7-11H,1,3-6H2;1-4H3;2*1-2H3. The Kier molecular flexibility index (Phi) is 19.3. The molecule has 2 heteroatoms. The largest absolute Gasteiger partial charge is 0.396 e. The van der Waals surface area contributed by atoms with Crippen LogP contribution in [0.15, 0.2) is 12.7 Å². The first-order chi connectivity index (χ1) is 9.27. The van der Waals surface area contributed by atoms with Crippen molar-refractivity contribution in [2.24, 2.45) is 17.3 Å². The average Bonchev–Trinajstić information content (AvgIpc) is 2.41. The van der Waals surface area contributed by atoms with Crippen LogP contribution in [0.5, 0.6) is 0 Å². The second-order valence-corrected chi connectivity index (χ2v) is 7.04. The predicted molar refractivity (Wildman–Crippen MR) is 98.7 cm³/mol. The zero-order valence-corrected chi connectivity index (χ0v) is 16.1. The Morgan fingerprint density at radius 1 is 1.10 bits per heavy atom. The smallest absolute Gasteiger partial charge is 0.0464 e. The third-order valence-corrected chi connectivity index (χ3v) is 3.03. The molecule has 1 saturated carbocycles. The minimum absolute atomic E-state index is 0.303. The quantitative estimate of drug-likeness (QED) is 0.474. The van der Waals surface area contributed by atoms with Crippen LogP contribution in [0, 0.1) is 17.3 Å². The molecule has 1 rings (SSSR count). The highest BCUT2D eigenvalue weighted by molar-refractivity contribution is 7.80. The van der Waals surface area contributed by atoms with E-state index in [4.69, 9.17) is 5.11 Å². The summed E-state index contributed by atoms with van der Waals surface area (Å²) < 4.78 is 0. The van der Waals surface area contributed by atoms with Crippen LogP contribution >= 0.6 is 12.6 Å². The van der Waals surface area contributed by atoms with Crippen LogP contribution in [0.3, 0.4) is 0 Å². The second-order valence-electron chi connectivity index (χ2n) is 6.31. The van der Waals surface area contributed by atoms with Gasteiger partial charge < -0.3 is 5.11 Å². The van der Waals surface area contributed by atoms with Gasteiger partial charge in [0, 0.05) is 11.9 Å². The fourth-order valence-electron chi connectivity index (χ4n) is 1.76. The molecule has 0 saturated heterocycles. The van der Waals surface area contributed by atoms with E-state index in [1.165, 1.54) is 0 Å². The fourth-order valence-corrected chi connectivity index (χ4v) is 2.15. The summed E-state index contributed by atoms with van der Waals surface area (Å²) in [6.07, 6.45) is 5.28. The summed E-state index contributed by atoms with van der Waals surface area (Å²) in [5, 5.41) is 9.52. The number of allylic oxidation sites excluding steroid dienone is 1. The molecule has 1 aliphatic rings. The molecular formula is C18H40OS. The molecule has 0 aliphatic heterocycles. The van der Waals surface area contributed by atoms with Gasteiger partial charge in [-0.2, -0.15) is 12.6 Å². The Hall–Kier alpha value is 0.0500. The van der Waals surface area contributed by atoms with Gasteiger partial charge in [0.05, 0.1) is 0 Å². The number of thiol groups is 1. The summed E-state index contributed by atoms with van der Waals surface area (Å²) in [6, 6.07) is 0. The molecule has 3 unspecified atom stereocenters. The molecule has 0 bridgehead atoms. The summed E-state index contributed by atoms with van der Waals surface area (Å²) in [5.41, 5.74) is 0.500. The third kappa shape index (κ3) is 18.0. The lowest BCUT2D eigenvalue weighted by Gasteiger charge is -2.31. The first kappa shape index (κ1) is 25.0. The van der Waals surface area contributed by atoms with E-state index in [0.29, 0.717) is 29.1 Å². The summed E-state index contributed by atoms with van der Waals surface area (Å²) in [7, 11) is 0. The van der Waals surface area contributed by atoms with Gasteiger partial charge in [0.2, 0.25) is 0 Å². The monoisotopic (exact) mass is 304 g/mol. The molecule has 0 aromatic carbocycles. The number of hydrogen-bond acceptors (Lipinski definition) is 2. The van der Waals surface area contributed by atoms with Crippen LogP contribution in [0.2, 0.25) is 0 Å². The minimum Gasteiger partial charge on any atom is -0.396 e. The summed E-state index contributed by atoms with van der Waals surface area (Å²) >= 11 is 4.42. The van der Waals surface area contributed by atoms with Crippen molar-refractivity contribution in [1.82, 2.24) is 0 Å². The molecule has 0 aromatic heterocycles. The Morgan fingerprint density at radius 3 is 1.80 bits per heavy atom. The molecule has 0 radical (unpaired) electrons. The summed E-state index contributed by atoms with van der Waals surface area (Å²) in [5.74, 6) is 0.923. The van der Waals surface area contributed by atoms with Crippen molar-refractivity contribution >= 4 is 12.6 Å². The van der Waals surface area contributed by atoms with E-state index in [-0.39, 0.29) is 0 Å². The van der Waals surface area contributed by atoms with Gasteiger partial charge in [-0.15, -0.1) is 6.58 Å². The number of aliphatic hydroxyl groups excluding tert-OH is 1. The lowest BCUT2D eigenvalue weighted by atomic mass is 9.79. The maximum Gasteiger partial charge on any atom is 0.0464 e. The molecule has 1 aliphatic carbocycles. The Bertz CT molecular complexity index is 190. The van der Waals surface area contributed by atoms with Gasteiger partial charge in [-0.25, -0.2) is 0 Å². The first-order valence-electron chi connectivity index (χ1n) is 8.19. The molecule has 1 nitrogen and oxygen atoms in total. The fraction of sp³-hybridized carbons (Fsp3) is 0.889. The highest BCUT2D eigenvalue weighted by Gasteiger charge is 2.25. The summed E-state index contributed by atoms with van der Waals surface area (Å²) in [6.45, 7) is 20.8. The molecule has 20 heavy (non-hydrogen) atoms. The molecule has 0 heterocycles. The minimum atomic E-state index is 0.303. The number of aliphatic hydroxyl groups is 1. The zero-order valence-electron chi connectivity index (χ0n) is 15.2. The van der Waals surface area contributed by atoms with Gasteiger partial charge >= 0.3 is 0 Å². The van der Waals surface area contributed by atoms with E-state index < -0.39 is 0 Å². The topological polar surface area (TPSA) is 20.2 Å². The maximum atomic E-state index is 9.01. The van der Waals surface area contributed by atoms with E-state index in [9.17, 15) is 0 Å². The highest BCUT2D eigenvalue weighted by Crippen LogP contribution is 2.32. The third-order valence-electron chi connectivity index (χ3n) is 2.56. The van der Waals surface area contributed by atoms with E-state index in [0.717, 1.165) is 19.3 Å². The Labute approximate surface area is 134 Å². The zero-order chi connectivity index (χ0) is 16.8. The highest BCUT2D eigenvalue weighted by atomic mass is 32.1. The van der Waals surface area contributed by atoms with Gasteiger partial charge in [0.1, 0.15) is 0 Å². The second kappa shape index (κ2) is 15.4. The van der Waals surface area contributed by atoms with Crippen LogP contribution in [0.1, 0.15) is 74.7 Å². The maximum absolute atomic E-state index is 9.01. The van der Waals surface area contributed by atoms with Crippen LogP contribution in [0.25, 0.3) is 0 Å². The predicted octanol–water partition coefficient (Wildman–Crippen LogP) is 5.98. The molecular weight excluding hydrogens is 264 g/mol. The molecule has 1 fully saturated rings. The molecule has 124 valence electrons.